The van der Waals surface area contributed by atoms with Gasteiger partial charge in [-0.1, -0.05) is 19.9 Å². The molecule has 0 spiro atoms. The van der Waals surface area contributed by atoms with Crippen molar-refractivity contribution in [2.45, 2.75) is 52.1 Å². The minimum atomic E-state index is -1.66. The third-order valence-electron chi connectivity index (χ3n) is 4.66. The Morgan fingerprint density at radius 3 is 2.38 bits per heavy atom. The molecule has 118 valence electrons. The van der Waals surface area contributed by atoms with E-state index in [4.69, 9.17) is 4.74 Å². The van der Waals surface area contributed by atoms with Crippen molar-refractivity contribution in [1.82, 2.24) is 0 Å². The van der Waals surface area contributed by atoms with Crippen molar-refractivity contribution >= 4 is 17.9 Å². The van der Waals surface area contributed by atoms with Gasteiger partial charge >= 0.3 is 17.9 Å². The summed E-state index contributed by atoms with van der Waals surface area (Å²) in [5.74, 6) is -3.13. The van der Waals surface area contributed by atoms with E-state index >= 15 is 0 Å². The predicted octanol–water partition coefficient (Wildman–Crippen LogP) is 2.23. The Morgan fingerprint density at radius 1 is 1.33 bits per heavy atom. The van der Waals surface area contributed by atoms with Crippen LogP contribution in [0.15, 0.2) is 12.7 Å². The fraction of sp³-hybridized carbons (Fsp3) is 0.667. The van der Waals surface area contributed by atoms with Gasteiger partial charge in [-0.3, -0.25) is 9.59 Å². The molecule has 1 aliphatic carbocycles. The summed E-state index contributed by atoms with van der Waals surface area (Å²) in [6.45, 7) is 6.47. The summed E-state index contributed by atoms with van der Waals surface area (Å²) in [6, 6.07) is 0. The number of carboxylic acid groups (broad SMARTS) is 2. The van der Waals surface area contributed by atoms with Crippen molar-refractivity contribution in [2.75, 3.05) is 0 Å². The van der Waals surface area contributed by atoms with E-state index < -0.39 is 34.8 Å². The number of esters is 1. The van der Waals surface area contributed by atoms with Crippen molar-refractivity contribution in [3.63, 3.8) is 0 Å². The number of aliphatic carboxylic acids is 2. The lowest BCUT2D eigenvalue weighted by molar-refractivity contribution is -0.200. The highest BCUT2D eigenvalue weighted by Gasteiger charge is 2.64. The molecule has 0 heterocycles. The van der Waals surface area contributed by atoms with Gasteiger partial charge in [-0.15, -0.1) is 0 Å². The molecule has 0 aliphatic heterocycles. The first-order valence-corrected chi connectivity index (χ1v) is 7.06. The average Bonchev–Trinajstić information content (AvgIpc) is 2.42. The molecule has 0 aromatic heterocycles. The van der Waals surface area contributed by atoms with Crippen LogP contribution in [0.25, 0.3) is 0 Å². The summed E-state index contributed by atoms with van der Waals surface area (Å²) >= 11 is 0. The van der Waals surface area contributed by atoms with Gasteiger partial charge in [0.1, 0.15) is 11.5 Å². The number of carboxylic acids is 2. The molecule has 3 unspecified atom stereocenters. The maximum Gasteiger partial charge on any atom is 0.330 e. The fourth-order valence-electron chi connectivity index (χ4n) is 3.40. The highest BCUT2D eigenvalue weighted by atomic mass is 16.5. The number of hydrogen-bond donors (Lipinski definition) is 2. The topological polar surface area (TPSA) is 101 Å². The van der Waals surface area contributed by atoms with Crippen LogP contribution in [-0.4, -0.2) is 34.2 Å². The van der Waals surface area contributed by atoms with Gasteiger partial charge in [0.05, 0.1) is 5.41 Å². The van der Waals surface area contributed by atoms with Crippen molar-refractivity contribution in [2.24, 2.45) is 10.8 Å². The zero-order valence-electron chi connectivity index (χ0n) is 12.4. The summed E-state index contributed by atoms with van der Waals surface area (Å²) in [7, 11) is 0. The smallest absolute Gasteiger partial charge is 0.330 e. The standard InChI is InChI=1S/C15H22O6/c1-4-8-15(13(19)20)9-6-7-10(21-11(16)5-2)14(15,3)12(17)18/h5,10H,2,4,6-9H2,1,3H3,(H,17,18)(H,19,20). The van der Waals surface area contributed by atoms with Crippen LogP contribution >= 0.6 is 0 Å². The van der Waals surface area contributed by atoms with Gasteiger partial charge in [0.25, 0.3) is 0 Å². The zero-order valence-corrected chi connectivity index (χ0v) is 12.4. The predicted molar refractivity (Wildman–Crippen MR) is 74.6 cm³/mol. The van der Waals surface area contributed by atoms with E-state index in [1.54, 1.807) is 0 Å². The van der Waals surface area contributed by atoms with Crippen LogP contribution in [0.4, 0.5) is 0 Å². The Balaban J connectivity index is 3.35. The fourth-order valence-corrected chi connectivity index (χ4v) is 3.40. The SMILES string of the molecule is C=CC(=O)OC1CCCC(CCC)(C(=O)O)C1(C)C(=O)O. The molecule has 0 aromatic carbocycles. The van der Waals surface area contributed by atoms with Gasteiger partial charge in [-0.05, 0) is 32.6 Å². The number of ether oxygens (including phenoxy) is 1. The van der Waals surface area contributed by atoms with Gasteiger partial charge in [0.2, 0.25) is 0 Å². The molecule has 3 atom stereocenters. The van der Waals surface area contributed by atoms with E-state index in [1.165, 1.54) is 6.92 Å². The minimum Gasteiger partial charge on any atom is -0.481 e. The van der Waals surface area contributed by atoms with E-state index in [1.807, 2.05) is 6.92 Å². The first-order valence-electron chi connectivity index (χ1n) is 7.06. The summed E-state index contributed by atoms with van der Waals surface area (Å²) in [4.78, 5) is 35.2. The van der Waals surface area contributed by atoms with Crippen LogP contribution in [0.3, 0.4) is 0 Å². The second kappa shape index (κ2) is 6.28. The highest BCUT2D eigenvalue weighted by Crippen LogP contribution is 2.54. The minimum absolute atomic E-state index is 0.229. The first-order chi connectivity index (χ1) is 9.76. The second-order valence-electron chi connectivity index (χ2n) is 5.67. The van der Waals surface area contributed by atoms with E-state index in [0.717, 1.165) is 6.08 Å². The molecule has 0 radical (unpaired) electrons. The van der Waals surface area contributed by atoms with E-state index in [0.29, 0.717) is 19.3 Å². The molecule has 1 aliphatic rings. The molecule has 0 bridgehead atoms. The van der Waals surface area contributed by atoms with Gasteiger partial charge < -0.3 is 14.9 Å². The monoisotopic (exact) mass is 298 g/mol. The third-order valence-corrected chi connectivity index (χ3v) is 4.66. The first kappa shape index (κ1) is 17.2. The third kappa shape index (κ3) is 2.66. The molecule has 0 aromatic rings. The lowest BCUT2D eigenvalue weighted by Gasteiger charge is -2.49. The van der Waals surface area contributed by atoms with Gasteiger partial charge in [-0.25, -0.2) is 4.79 Å². The molecule has 0 saturated heterocycles. The Bertz CT molecular complexity index is 453. The maximum absolute atomic E-state index is 11.9. The summed E-state index contributed by atoms with van der Waals surface area (Å²) in [5.41, 5.74) is -3.09. The normalized spacial score (nSPS) is 32.2. The zero-order chi connectivity index (χ0) is 16.3. The van der Waals surface area contributed by atoms with Crippen molar-refractivity contribution in [3.8, 4) is 0 Å². The molecular weight excluding hydrogens is 276 g/mol. The van der Waals surface area contributed by atoms with Crippen LogP contribution in [0.1, 0.15) is 46.0 Å². The Labute approximate surface area is 123 Å². The van der Waals surface area contributed by atoms with Crippen molar-refractivity contribution < 1.29 is 29.3 Å². The van der Waals surface area contributed by atoms with Crippen molar-refractivity contribution in [3.05, 3.63) is 12.7 Å². The Kier molecular flexibility index (Phi) is 5.15. The molecule has 1 rings (SSSR count). The van der Waals surface area contributed by atoms with E-state index in [2.05, 4.69) is 6.58 Å². The summed E-state index contributed by atoms with van der Waals surface area (Å²) < 4.78 is 5.17. The van der Waals surface area contributed by atoms with Crippen LogP contribution in [0.5, 0.6) is 0 Å². The second-order valence-corrected chi connectivity index (χ2v) is 5.67. The number of hydrogen-bond acceptors (Lipinski definition) is 4. The molecule has 1 fully saturated rings. The van der Waals surface area contributed by atoms with Crippen molar-refractivity contribution in [1.29, 1.82) is 0 Å². The molecule has 6 nitrogen and oxygen atoms in total. The molecule has 2 N–H and O–H groups in total. The van der Waals surface area contributed by atoms with Gasteiger partial charge in [0, 0.05) is 6.08 Å². The quantitative estimate of drug-likeness (QED) is 0.576. The Morgan fingerprint density at radius 2 is 1.95 bits per heavy atom. The maximum atomic E-state index is 11.9. The number of rotatable bonds is 6. The van der Waals surface area contributed by atoms with Crippen LogP contribution in [0.2, 0.25) is 0 Å². The van der Waals surface area contributed by atoms with Crippen LogP contribution in [-0.2, 0) is 19.1 Å². The molecule has 1 saturated carbocycles. The van der Waals surface area contributed by atoms with Gasteiger partial charge in [-0.2, -0.15) is 0 Å². The summed E-state index contributed by atoms with van der Waals surface area (Å²) in [6.07, 6.45) is 1.85. The highest BCUT2D eigenvalue weighted by molar-refractivity contribution is 5.88. The molecular formula is C15H22O6. The lowest BCUT2D eigenvalue weighted by atomic mass is 9.53. The largest absolute Gasteiger partial charge is 0.481 e. The molecule has 6 heteroatoms. The van der Waals surface area contributed by atoms with Crippen LogP contribution in [0, 0.1) is 10.8 Å². The number of carbonyl (C=O) groups excluding carboxylic acids is 1. The lowest BCUT2D eigenvalue weighted by Crippen LogP contribution is -2.60. The number of carbonyl (C=O) groups is 3. The average molecular weight is 298 g/mol. The van der Waals surface area contributed by atoms with Gasteiger partial charge in [0.15, 0.2) is 0 Å². The molecule has 21 heavy (non-hydrogen) atoms. The van der Waals surface area contributed by atoms with Crippen LogP contribution < -0.4 is 0 Å². The molecule has 0 amide bonds. The summed E-state index contributed by atoms with van der Waals surface area (Å²) in [5, 5.41) is 19.4. The van der Waals surface area contributed by atoms with E-state index in [-0.39, 0.29) is 12.8 Å². The van der Waals surface area contributed by atoms with E-state index in [9.17, 15) is 24.6 Å². The Hall–Kier alpha value is -1.85.